The van der Waals surface area contributed by atoms with Gasteiger partial charge in [0.05, 0.1) is 6.10 Å². The van der Waals surface area contributed by atoms with Crippen LogP contribution in [0.4, 0.5) is 11.6 Å². The molecular weight excluding hydrogens is 240 g/mol. The van der Waals surface area contributed by atoms with E-state index in [1.165, 1.54) is 0 Å². The van der Waals surface area contributed by atoms with Gasteiger partial charge in [-0.1, -0.05) is 20.8 Å². The van der Waals surface area contributed by atoms with Crippen LogP contribution in [0, 0.1) is 0 Å². The Morgan fingerprint density at radius 2 is 2.00 bits per heavy atom. The van der Waals surface area contributed by atoms with E-state index in [0.29, 0.717) is 12.5 Å². The monoisotopic (exact) mass is 266 g/mol. The van der Waals surface area contributed by atoms with Gasteiger partial charge in [-0.2, -0.15) is 0 Å². The molecule has 0 aliphatic heterocycles. The van der Waals surface area contributed by atoms with Gasteiger partial charge in [-0.3, -0.25) is 0 Å². The van der Waals surface area contributed by atoms with E-state index >= 15 is 0 Å². The first-order chi connectivity index (χ1) is 8.97. The van der Waals surface area contributed by atoms with Gasteiger partial charge in [0.25, 0.3) is 0 Å². The highest BCUT2D eigenvalue weighted by molar-refractivity contribution is 5.60. The number of hydrogen-bond donors (Lipinski definition) is 2. The Balaban J connectivity index is 3.08. The van der Waals surface area contributed by atoms with Crippen LogP contribution in [0.2, 0.25) is 0 Å². The van der Waals surface area contributed by atoms with E-state index < -0.39 is 0 Å². The van der Waals surface area contributed by atoms with Gasteiger partial charge in [-0.05, 0) is 19.3 Å². The second-order valence-electron chi connectivity index (χ2n) is 5.27. The van der Waals surface area contributed by atoms with Crippen molar-refractivity contribution in [2.45, 2.75) is 46.1 Å². The number of hydrogen-bond acceptors (Lipinski definition) is 5. The largest absolute Gasteiger partial charge is 0.392 e. The molecule has 0 spiro atoms. The van der Waals surface area contributed by atoms with Crippen LogP contribution in [0.15, 0.2) is 6.33 Å². The maximum absolute atomic E-state index is 9.52. The van der Waals surface area contributed by atoms with Gasteiger partial charge in [0.2, 0.25) is 0 Å². The Bertz CT molecular complexity index is 393. The van der Waals surface area contributed by atoms with Crippen LogP contribution >= 0.6 is 0 Å². The summed E-state index contributed by atoms with van der Waals surface area (Å²) in [6, 6.07) is 0. The predicted molar refractivity (Wildman–Crippen MR) is 79.9 cm³/mol. The minimum atomic E-state index is -0.382. The third kappa shape index (κ3) is 4.35. The third-order valence-electron chi connectivity index (χ3n) is 2.88. The van der Waals surface area contributed by atoms with Gasteiger partial charge < -0.3 is 15.3 Å². The quantitative estimate of drug-likeness (QED) is 0.792. The van der Waals surface area contributed by atoms with Crippen molar-refractivity contribution in [2.24, 2.45) is 0 Å². The molecule has 0 amide bonds. The minimum Gasteiger partial charge on any atom is -0.392 e. The van der Waals surface area contributed by atoms with E-state index in [-0.39, 0.29) is 6.10 Å². The highest BCUT2D eigenvalue weighted by Crippen LogP contribution is 2.30. The van der Waals surface area contributed by atoms with Gasteiger partial charge in [0.1, 0.15) is 18.0 Å². The minimum absolute atomic E-state index is 0.326. The normalized spacial score (nSPS) is 12.6. The van der Waals surface area contributed by atoms with Gasteiger partial charge in [0.15, 0.2) is 0 Å². The lowest BCUT2D eigenvalue weighted by Crippen LogP contribution is -2.29. The molecule has 19 heavy (non-hydrogen) atoms. The van der Waals surface area contributed by atoms with Gasteiger partial charge in [-0.15, -0.1) is 0 Å². The zero-order valence-electron chi connectivity index (χ0n) is 12.6. The molecule has 0 radical (unpaired) electrons. The smallest absolute Gasteiger partial charge is 0.137 e. The summed E-state index contributed by atoms with van der Waals surface area (Å²) >= 11 is 0. The first-order valence-electron chi connectivity index (χ1n) is 6.95. The summed E-state index contributed by atoms with van der Waals surface area (Å²) in [6.07, 6.45) is 2.25. The number of aliphatic hydroxyl groups excluding tert-OH is 1. The van der Waals surface area contributed by atoms with Crippen LogP contribution in [0.1, 0.15) is 45.6 Å². The zero-order chi connectivity index (χ0) is 14.4. The van der Waals surface area contributed by atoms with Crippen molar-refractivity contribution in [1.82, 2.24) is 9.97 Å². The molecule has 1 atom stereocenters. The molecule has 0 saturated carbocycles. The topological polar surface area (TPSA) is 61.3 Å². The van der Waals surface area contributed by atoms with E-state index in [4.69, 9.17) is 0 Å². The first kappa shape index (κ1) is 15.7. The summed E-state index contributed by atoms with van der Waals surface area (Å²) in [5.74, 6) is 2.12. The first-order valence-corrected chi connectivity index (χ1v) is 6.95. The van der Waals surface area contributed by atoms with Crippen LogP contribution in [0.5, 0.6) is 0 Å². The van der Waals surface area contributed by atoms with E-state index in [1.54, 1.807) is 13.3 Å². The molecular formula is C14H26N4O. The number of anilines is 2. The summed E-state index contributed by atoms with van der Waals surface area (Å²) in [7, 11) is 1.95. The van der Waals surface area contributed by atoms with Gasteiger partial charge >= 0.3 is 0 Å². The standard InChI is InChI=1S/C14H26N4O/c1-6-7-15-13-12(10(2)3)14(17-9-16-13)18(5)8-11(4)19/h9-11,19H,6-8H2,1-5H3,(H,15,16,17). The van der Waals surface area contributed by atoms with Crippen LogP contribution in [-0.2, 0) is 0 Å². The molecule has 5 nitrogen and oxygen atoms in total. The molecule has 1 aromatic heterocycles. The molecule has 0 aliphatic rings. The van der Waals surface area contributed by atoms with Crippen molar-refractivity contribution < 1.29 is 5.11 Å². The van der Waals surface area contributed by atoms with Crippen LogP contribution in [-0.4, -0.2) is 41.3 Å². The summed E-state index contributed by atoms with van der Waals surface area (Å²) in [6.45, 7) is 9.64. The molecule has 0 saturated heterocycles. The van der Waals surface area contributed by atoms with Crippen LogP contribution < -0.4 is 10.2 Å². The van der Waals surface area contributed by atoms with E-state index in [0.717, 1.165) is 30.2 Å². The number of nitrogens with one attached hydrogen (secondary N) is 1. The SMILES string of the molecule is CCCNc1ncnc(N(C)CC(C)O)c1C(C)C. The van der Waals surface area contributed by atoms with Gasteiger partial charge in [-0.25, -0.2) is 9.97 Å². The highest BCUT2D eigenvalue weighted by Gasteiger charge is 2.18. The molecule has 2 N–H and O–H groups in total. The van der Waals surface area contributed by atoms with E-state index in [9.17, 15) is 5.11 Å². The lowest BCUT2D eigenvalue weighted by molar-refractivity contribution is 0.201. The maximum Gasteiger partial charge on any atom is 0.137 e. The number of nitrogens with zero attached hydrogens (tertiary/aromatic N) is 3. The fourth-order valence-corrected chi connectivity index (χ4v) is 2.09. The lowest BCUT2D eigenvalue weighted by atomic mass is 10.0. The Morgan fingerprint density at radius 1 is 1.32 bits per heavy atom. The molecule has 1 rings (SSSR count). The Hall–Kier alpha value is -1.36. The Kier molecular flexibility index (Phi) is 6.02. The third-order valence-corrected chi connectivity index (χ3v) is 2.88. The fourth-order valence-electron chi connectivity index (χ4n) is 2.09. The second-order valence-corrected chi connectivity index (χ2v) is 5.27. The van der Waals surface area contributed by atoms with Crippen molar-refractivity contribution in [3.8, 4) is 0 Å². The average molecular weight is 266 g/mol. The van der Waals surface area contributed by atoms with Crippen molar-refractivity contribution in [2.75, 3.05) is 30.4 Å². The number of rotatable bonds is 7. The van der Waals surface area contributed by atoms with Crippen molar-refractivity contribution in [1.29, 1.82) is 0 Å². The Labute approximate surface area is 116 Å². The van der Waals surface area contributed by atoms with Crippen molar-refractivity contribution in [3.05, 3.63) is 11.9 Å². The van der Waals surface area contributed by atoms with Crippen molar-refractivity contribution in [3.63, 3.8) is 0 Å². The zero-order valence-corrected chi connectivity index (χ0v) is 12.6. The molecule has 1 heterocycles. The second kappa shape index (κ2) is 7.28. The number of aliphatic hydroxyl groups is 1. The molecule has 0 aliphatic carbocycles. The van der Waals surface area contributed by atoms with E-state index in [1.807, 2.05) is 11.9 Å². The highest BCUT2D eigenvalue weighted by atomic mass is 16.3. The van der Waals surface area contributed by atoms with E-state index in [2.05, 4.69) is 36.1 Å². The number of aromatic nitrogens is 2. The molecule has 0 bridgehead atoms. The summed E-state index contributed by atoms with van der Waals surface area (Å²) in [5, 5.41) is 12.9. The molecule has 0 aromatic carbocycles. The number of likely N-dealkylation sites (N-methyl/N-ethyl adjacent to an activating group) is 1. The Morgan fingerprint density at radius 3 is 2.53 bits per heavy atom. The molecule has 5 heteroatoms. The average Bonchev–Trinajstić information content (AvgIpc) is 2.34. The summed E-state index contributed by atoms with van der Waals surface area (Å²) < 4.78 is 0. The molecule has 1 unspecified atom stereocenters. The fraction of sp³-hybridized carbons (Fsp3) is 0.714. The summed E-state index contributed by atoms with van der Waals surface area (Å²) in [4.78, 5) is 10.7. The lowest BCUT2D eigenvalue weighted by Gasteiger charge is -2.25. The maximum atomic E-state index is 9.52. The molecule has 0 fully saturated rings. The summed E-state index contributed by atoms with van der Waals surface area (Å²) in [5.41, 5.74) is 1.11. The van der Waals surface area contributed by atoms with Crippen LogP contribution in [0.25, 0.3) is 0 Å². The molecule has 1 aromatic rings. The van der Waals surface area contributed by atoms with Gasteiger partial charge in [0, 0.05) is 25.7 Å². The molecule has 108 valence electrons. The van der Waals surface area contributed by atoms with Crippen LogP contribution in [0.3, 0.4) is 0 Å². The van der Waals surface area contributed by atoms with Crippen molar-refractivity contribution >= 4 is 11.6 Å². The predicted octanol–water partition coefficient (Wildman–Crippen LogP) is 2.24.